The lowest BCUT2D eigenvalue weighted by Gasteiger charge is -2.34. The van der Waals surface area contributed by atoms with Crippen LogP contribution >= 0.6 is 11.6 Å². The van der Waals surface area contributed by atoms with Crippen LogP contribution in [0.2, 0.25) is 5.02 Å². The number of rotatable bonds is 3. The van der Waals surface area contributed by atoms with Gasteiger partial charge in [0.2, 0.25) is 0 Å². The Balaban J connectivity index is 2.17. The molecule has 5 heteroatoms. The predicted molar refractivity (Wildman–Crippen MR) is 71.1 cm³/mol. The van der Waals surface area contributed by atoms with E-state index in [9.17, 15) is 5.11 Å². The Morgan fingerprint density at radius 3 is 2.94 bits per heavy atom. The van der Waals surface area contributed by atoms with Crippen LogP contribution in [0.25, 0.3) is 0 Å². The Hall–Kier alpha value is -0.810. The minimum atomic E-state index is -0.522. The zero-order valence-corrected chi connectivity index (χ0v) is 11.1. The van der Waals surface area contributed by atoms with Crippen molar-refractivity contribution < 1.29 is 14.9 Å². The maximum absolute atomic E-state index is 9.50. The first-order valence-electron chi connectivity index (χ1n) is 6.06. The molecule has 4 nitrogen and oxygen atoms in total. The first-order valence-corrected chi connectivity index (χ1v) is 6.44. The average molecular weight is 272 g/mol. The van der Waals surface area contributed by atoms with E-state index in [1.54, 1.807) is 13.0 Å². The van der Waals surface area contributed by atoms with E-state index in [1.165, 1.54) is 0 Å². The second kappa shape index (κ2) is 5.89. The first kappa shape index (κ1) is 13.6. The standard InChI is InChI=1S/C13H18ClNO3/c1-9(17)10-2-3-13(12(14)6-10)15-4-5-18-11(7-15)8-16/h2-3,6,9,11,16-17H,4-5,7-8H2,1H3/t9-,11?/m1/s1. The number of benzene rings is 1. The molecule has 1 aromatic rings. The summed E-state index contributed by atoms with van der Waals surface area (Å²) < 4.78 is 5.41. The van der Waals surface area contributed by atoms with E-state index >= 15 is 0 Å². The van der Waals surface area contributed by atoms with Crippen LogP contribution in [0.15, 0.2) is 18.2 Å². The fourth-order valence-corrected chi connectivity index (χ4v) is 2.40. The van der Waals surface area contributed by atoms with Crippen molar-refractivity contribution in [1.82, 2.24) is 0 Å². The van der Waals surface area contributed by atoms with Crippen LogP contribution in [0.5, 0.6) is 0 Å². The number of halogens is 1. The molecule has 0 aromatic heterocycles. The highest BCUT2D eigenvalue weighted by molar-refractivity contribution is 6.33. The zero-order chi connectivity index (χ0) is 13.1. The lowest BCUT2D eigenvalue weighted by Crippen LogP contribution is -2.44. The molecule has 2 N–H and O–H groups in total. The van der Waals surface area contributed by atoms with Gasteiger partial charge in [-0.2, -0.15) is 0 Å². The Labute approximate surface area is 112 Å². The summed E-state index contributed by atoms with van der Waals surface area (Å²) in [6.45, 7) is 3.69. The van der Waals surface area contributed by atoms with Gasteiger partial charge in [-0.25, -0.2) is 0 Å². The fourth-order valence-electron chi connectivity index (χ4n) is 2.09. The van der Waals surface area contributed by atoms with Crippen molar-refractivity contribution >= 4 is 17.3 Å². The molecule has 1 unspecified atom stereocenters. The third-order valence-electron chi connectivity index (χ3n) is 3.14. The number of morpholine rings is 1. The normalized spacial score (nSPS) is 22.0. The van der Waals surface area contributed by atoms with Crippen molar-refractivity contribution in [2.24, 2.45) is 0 Å². The zero-order valence-electron chi connectivity index (χ0n) is 10.3. The molecule has 1 heterocycles. The van der Waals surface area contributed by atoms with E-state index < -0.39 is 6.10 Å². The van der Waals surface area contributed by atoms with Crippen molar-refractivity contribution in [3.05, 3.63) is 28.8 Å². The molecule has 1 aromatic carbocycles. The summed E-state index contributed by atoms with van der Waals surface area (Å²) in [5.41, 5.74) is 1.72. The molecule has 0 saturated carbocycles. The van der Waals surface area contributed by atoms with E-state index in [4.69, 9.17) is 21.4 Å². The molecule has 1 aliphatic rings. The van der Waals surface area contributed by atoms with E-state index in [2.05, 4.69) is 4.90 Å². The number of aliphatic hydroxyl groups is 2. The third kappa shape index (κ3) is 2.95. The van der Waals surface area contributed by atoms with E-state index in [1.807, 2.05) is 12.1 Å². The summed E-state index contributed by atoms with van der Waals surface area (Å²) in [4.78, 5) is 2.10. The number of anilines is 1. The third-order valence-corrected chi connectivity index (χ3v) is 3.44. The molecule has 1 aliphatic heterocycles. The highest BCUT2D eigenvalue weighted by atomic mass is 35.5. The van der Waals surface area contributed by atoms with Gasteiger partial charge >= 0.3 is 0 Å². The molecular formula is C13H18ClNO3. The summed E-state index contributed by atoms with van der Waals surface area (Å²) in [5, 5.41) is 19.2. The minimum absolute atomic E-state index is 0.0138. The van der Waals surface area contributed by atoms with Gasteiger partial charge in [0.05, 0.1) is 36.1 Å². The molecule has 0 aliphatic carbocycles. The van der Waals surface area contributed by atoms with Gasteiger partial charge in [0, 0.05) is 13.1 Å². The molecule has 2 atom stereocenters. The highest BCUT2D eigenvalue weighted by Crippen LogP contribution is 2.30. The monoisotopic (exact) mass is 271 g/mol. The molecule has 0 radical (unpaired) electrons. The Kier molecular flexibility index (Phi) is 4.45. The quantitative estimate of drug-likeness (QED) is 0.877. The lowest BCUT2D eigenvalue weighted by molar-refractivity contribution is 0.00357. The number of ether oxygens (including phenoxy) is 1. The van der Waals surface area contributed by atoms with Crippen LogP contribution in [0.3, 0.4) is 0 Å². The van der Waals surface area contributed by atoms with Gasteiger partial charge in [-0.3, -0.25) is 0 Å². The predicted octanol–water partition coefficient (Wildman–Crippen LogP) is 1.59. The topological polar surface area (TPSA) is 52.9 Å². The maximum atomic E-state index is 9.50. The second-order valence-corrected chi connectivity index (χ2v) is 4.92. The van der Waals surface area contributed by atoms with Crippen LogP contribution in [-0.2, 0) is 4.74 Å². The minimum Gasteiger partial charge on any atom is -0.394 e. The van der Waals surface area contributed by atoms with Crippen molar-refractivity contribution in [2.75, 3.05) is 31.2 Å². The molecule has 100 valence electrons. The summed E-state index contributed by atoms with van der Waals surface area (Å²) in [7, 11) is 0. The van der Waals surface area contributed by atoms with Gasteiger partial charge in [-0.05, 0) is 24.6 Å². The number of nitrogens with zero attached hydrogens (tertiary/aromatic N) is 1. The lowest BCUT2D eigenvalue weighted by atomic mass is 10.1. The van der Waals surface area contributed by atoms with Crippen LogP contribution in [0.4, 0.5) is 5.69 Å². The van der Waals surface area contributed by atoms with Crippen LogP contribution in [0, 0.1) is 0 Å². The van der Waals surface area contributed by atoms with Gasteiger partial charge in [0.25, 0.3) is 0 Å². The summed E-state index contributed by atoms with van der Waals surface area (Å²) >= 11 is 6.24. The molecule has 18 heavy (non-hydrogen) atoms. The number of hydrogen-bond donors (Lipinski definition) is 2. The van der Waals surface area contributed by atoms with Crippen LogP contribution in [0.1, 0.15) is 18.6 Å². The fraction of sp³-hybridized carbons (Fsp3) is 0.538. The van der Waals surface area contributed by atoms with Gasteiger partial charge in [-0.1, -0.05) is 17.7 Å². The van der Waals surface area contributed by atoms with Crippen LogP contribution < -0.4 is 4.90 Å². The molecule has 1 fully saturated rings. The summed E-state index contributed by atoms with van der Waals surface area (Å²) in [6, 6.07) is 5.56. The van der Waals surface area contributed by atoms with E-state index in [-0.39, 0.29) is 12.7 Å². The first-order chi connectivity index (χ1) is 8.61. The maximum Gasteiger partial charge on any atom is 0.0980 e. The van der Waals surface area contributed by atoms with Crippen LogP contribution in [-0.4, -0.2) is 42.6 Å². The molecule has 0 bridgehead atoms. The van der Waals surface area contributed by atoms with Gasteiger partial charge in [-0.15, -0.1) is 0 Å². The second-order valence-electron chi connectivity index (χ2n) is 4.51. The van der Waals surface area contributed by atoms with Crippen molar-refractivity contribution in [3.63, 3.8) is 0 Å². The molecular weight excluding hydrogens is 254 g/mol. The summed E-state index contributed by atoms with van der Waals surface area (Å²) in [5.74, 6) is 0. The Bertz CT molecular complexity index is 411. The molecule has 0 amide bonds. The van der Waals surface area contributed by atoms with E-state index in [0.717, 1.165) is 17.8 Å². The highest BCUT2D eigenvalue weighted by Gasteiger charge is 2.21. The van der Waals surface area contributed by atoms with E-state index in [0.29, 0.717) is 18.2 Å². The van der Waals surface area contributed by atoms with Gasteiger partial charge < -0.3 is 19.8 Å². The van der Waals surface area contributed by atoms with Crippen molar-refractivity contribution in [3.8, 4) is 0 Å². The molecule has 2 rings (SSSR count). The summed E-state index contributed by atoms with van der Waals surface area (Å²) in [6.07, 6.45) is -0.683. The number of aliphatic hydroxyl groups excluding tert-OH is 2. The SMILES string of the molecule is C[C@@H](O)c1ccc(N2CCOC(CO)C2)c(Cl)c1. The molecule has 1 saturated heterocycles. The van der Waals surface area contributed by atoms with Gasteiger partial charge in [0.1, 0.15) is 0 Å². The average Bonchev–Trinajstić information content (AvgIpc) is 2.38. The van der Waals surface area contributed by atoms with Gasteiger partial charge in [0.15, 0.2) is 0 Å². The number of hydrogen-bond acceptors (Lipinski definition) is 4. The Morgan fingerprint density at radius 1 is 1.56 bits per heavy atom. The largest absolute Gasteiger partial charge is 0.394 e. The van der Waals surface area contributed by atoms with Crippen molar-refractivity contribution in [2.45, 2.75) is 19.1 Å². The Morgan fingerprint density at radius 2 is 2.33 bits per heavy atom. The van der Waals surface area contributed by atoms with Crippen molar-refractivity contribution in [1.29, 1.82) is 0 Å². The smallest absolute Gasteiger partial charge is 0.0980 e. The molecule has 0 spiro atoms.